The molecule has 22 heavy (non-hydrogen) atoms. The Morgan fingerprint density at radius 2 is 2.00 bits per heavy atom. The van der Waals surface area contributed by atoms with Gasteiger partial charge >= 0.3 is 0 Å². The summed E-state index contributed by atoms with van der Waals surface area (Å²) >= 11 is 0. The number of anilines is 1. The highest BCUT2D eigenvalue weighted by Gasteiger charge is 2.26. The number of carbonyl (C=O) groups excluding carboxylic acids is 2. The number of nitrogens with one attached hydrogen (secondary N) is 1. The van der Waals surface area contributed by atoms with Gasteiger partial charge in [-0.05, 0) is 36.4 Å². The third-order valence-electron chi connectivity index (χ3n) is 3.41. The van der Waals surface area contributed by atoms with Gasteiger partial charge in [-0.25, -0.2) is 4.39 Å². The summed E-state index contributed by atoms with van der Waals surface area (Å²) in [5, 5.41) is 2.60. The van der Waals surface area contributed by atoms with Crippen LogP contribution >= 0.6 is 0 Å². The molecule has 0 unspecified atom stereocenters. The maximum Gasteiger partial charge on any atom is 0.256 e. The Balaban J connectivity index is 2.04. The first kappa shape index (κ1) is 14.0. The third kappa shape index (κ3) is 2.37. The molecule has 2 aromatic rings. The van der Waals surface area contributed by atoms with Crippen molar-refractivity contribution in [1.82, 2.24) is 0 Å². The third-order valence-corrected chi connectivity index (χ3v) is 3.41. The number of hydrogen-bond acceptors (Lipinski definition) is 3. The van der Waals surface area contributed by atoms with Gasteiger partial charge in [0.15, 0.2) is 5.78 Å². The van der Waals surface area contributed by atoms with Gasteiger partial charge in [-0.1, -0.05) is 12.1 Å². The minimum atomic E-state index is -0.467. The minimum absolute atomic E-state index is 0.144. The average Bonchev–Trinajstić information content (AvgIpc) is 2.83. The van der Waals surface area contributed by atoms with E-state index in [4.69, 9.17) is 4.74 Å². The second-order valence-electron chi connectivity index (χ2n) is 4.77. The lowest BCUT2D eigenvalue weighted by molar-refractivity contribution is -0.110. The van der Waals surface area contributed by atoms with E-state index in [0.29, 0.717) is 22.6 Å². The van der Waals surface area contributed by atoms with Crippen LogP contribution in [-0.2, 0) is 4.79 Å². The predicted molar refractivity (Wildman–Crippen MR) is 80.3 cm³/mol. The number of allylic oxidation sites excluding steroid dienone is 1. The molecule has 1 aliphatic rings. The quantitative estimate of drug-likeness (QED) is 0.700. The van der Waals surface area contributed by atoms with Crippen LogP contribution < -0.4 is 10.1 Å². The zero-order valence-electron chi connectivity index (χ0n) is 11.7. The van der Waals surface area contributed by atoms with Gasteiger partial charge in [0.2, 0.25) is 0 Å². The molecule has 0 radical (unpaired) electrons. The van der Waals surface area contributed by atoms with Crippen LogP contribution in [-0.4, -0.2) is 18.8 Å². The Labute approximate surface area is 126 Å². The zero-order valence-corrected chi connectivity index (χ0v) is 11.7. The molecular formula is C17H12FNO3. The minimum Gasteiger partial charge on any atom is -0.496 e. The Morgan fingerprint density at radius 3 is 2.77 bits per heavy atom. The van der Waals surface area contributed by atoms with Crippen molar-refractivity contribution in [3.63, 3.8) is 0 Å². The van der Waals surface area contributed by atoms with Crippen LogP contribution in [0.25, 0.3) is 5.57 Å². The number of carbonyl (C=O) groups is 2. The first-order chi connectivity index (χ1) is 10.6. The molecule has 0 fully saturated rings. The van der Waals surface area contributed by atoms with Crippen molar-refractivity contribution in [1.29, 1.82) is 0 Å². The van der Waals surface area contributed by atoms with Crippen molar-refractivity contribution < 1.29 is 18.7 Å². The highest BCUT2D eigenvalue weighted by molar-refractivity contribution is 6.35. The smallest absolute Gasteiger partial charge is 0.256 e. The van der Waals surface area contributed by atoms with Gasteiger partial charge in [-0.2, -0.15) is 0 Å². The fourth-order valence-corrected chi connectivity index (χ4v) is 2.36. The fraction of sp³-hybridized carbons (Fsp3) is 0.0588. The lowest BCUT2D eigenvalue weighted by Crippen LogP contribution is -2.06. The molecule has 0 atom stereocenters. The van der Waals surface area contributed by atoms with Crippen LogP contribution in [0.1, 0.15) is 15.9 Å². The number of fused-ring (bicyclic) bond motifs is 1. The molecule has 1 aliphatic heterocycles. The average molecular weight is 297 g/mol. The van der Waals surface area contributed by atoms with Gasteiger partial charge in [0, 0.05) is 11.3 Å². The summed E-state index contributed by atoms with van der Waals surface area (Å²) in [6, 6.07) is 10.7. The number of methoxy groups -OCH3 is 1. The molecule has 1 N–H and O–H groups in total. The van der Waals surface area contributed by atoms with Gasteiger partial charge in [0.1, 0.15) is 11.6 Å². The summed E-state index contributed by atoms with van der Waals surface area (Å²) in [5.41, 5.74) is 1.36. The Kier molecular flexibility index (Phi) is 3.47. The molecule has 2 aromatic carbocycles. The van der Waals surface area contributed by atoms with Crippen LogP contribution in [0.15, 0.2) is 48.5 Å². The van der Waals surface area contributed by atoms with Crippen molar-refractivity contribution in [2.24, 2.45) is 0 Å². The first-order valence-corrected chi connectivity index (χ1v) is 6.60. The maximum atomic E-state index is 13.4. The fourth-order valence-electron chi connectivity index (χ4n) is 2.36. The predicted octanol–water partition coefficient (Wildman–Crippen LogP) is 3.05. The Morgan fingerprint density at radius 1 is 1.23 bits per heavy atom. The Hall–Kier alpha value is -2.95. The number of ketones is 1. The molecular weight excluding hydrogens is 285 g/mol. The van der Waals surface area contributed by atoms with Gasteiger partial charge < -0.3 is 10.1 Å². The van der Waals surface area contributed by atoms with Gasteiger partial charge in [0.05, 0.1) is 18.2 Å². The standard InChI is InChI=1S/C17H12FNO3/c1-22-16-5-3-2-4-11(16)15(20)9-13-12-8-10(18)6-7-14(12)19-17(13)21/h2-9H,1H3,(H,19,21). The van der Waals surface area contributed by atoms with E-state index in [-0.39, 0.29) is 11.4 Å². The molecule has 0 bridgehead atoms. The van der Waals surface area contributed by atoms with Crippen LogP contribution in [0.5, 0.6) is 5.75 Å². The van der Waals surface area contributed by atoms with E-state index in [1.165, 1.54) is 31.4 Å². The number of ether oxygens (including phenoxy) is 1. The number of amides is 1. The molecule has 0 aromatic heterocycles. The molecule has 3 rings (SSSR count). The summed E-state index contributed by atoms with van der Waals surface area (Å²) in [6.45, 7) is 0. The van der Waals surface area contributed by atoms with Crippen LogP contribution in [0, 0.1) is 5.82 Å². The number of rotatable bonds is 3. The number of hydrogen-bond donors (Lipinski definition) is 1. The lowest BCUT2D eigenvalue weighted by Gasteiger charge is -2.05. The molecule has 1 heterocycles. The monoisotopic (exact) mass is 297 g/mol. The highest BCUT2D eigenvalue weighted by atomic mass is 19.1. The molecule has 0 aliphatic carbocycles. The van der Waals surface area contributed by atoms with E-state index in [9.17, 15) is 14.0 Å². The summed E-state index contributed by atoms with van der Waals surface area (Å²) < 4.78 is 18.5. The van der Waals surface area contributed by atoms with E-state index >= 15 is 0 Å². The van der Waals surface area contributed by atoms with Gasteiger partial charge in [-0.15, -0.1) is 0 Å². The number of benzene rings is 2. The number of para-hydroxylation sites is 1. The summed E-state index contributed by atoms with van der Waals surface area (Å²) in [6.07, 6.45) is 1.21. The highest BCUT2D eigenvalue weighted by Crippen LogP contribution is 2.32. The SMILES string of the molecule is COc1ccccc1C(=O)C=C1C(=O)Nc2ccc(F)cc21. The van der Waals surface area contributed by atoms with Gasteiger partial charge in [-0.3, -0.25) is 9.59 Å². The number of halogens is 1. The Bertz CT molecular complexity index is 811. The van der Waals surface area contributed by atoms with Crippen molar-refractivity contribution in [2.75, 3.05) is 12.4 Å². The van der Waals surface area contributed by atoms with E-state index in [1.807, 2.05) is 0 Å². The van der Waals surface area contributed by atoms with Crippen molar-refractivity contribution in [3.05, 3.63) is 65.5 Å². The largest absolute Gasteiger partial charge is 0.496 e. The summed E-state index contributed by atoms with van der Waals surface area (Å²) in [7, 11) is 1.46. The van der Waals surface area contributed by atoms with Gasteiger partial charge in [0.25, 0.3) is 5.91 Å². The second-order valence-corrected chi connectivity index (χ2v) is 4.77. The van der Waals surface area contributed by atoms with Crippen molar-refractivity contribution >= 4 is 23.0 Å². The first-order valence-electron chi connectivity index (χ1n) is 6.60. The molecule has 0 saturated carbocycles. The van der Waals surface area contributed by atoms with Crippen molar-refractivity contribution in [3.8, 4) is 5.75 Å². The van der Waals surface area contributed by atoms with Crippen LogP contribution in [0.3, 0.4) is 0 Å². The van der Waals surface area contributed by atoms with E-state index in [2.05, 4.69) is 5.32 Å². The van der Waals surface area contributed by atoms with Crippen molar-refractivity contribution in [2.45, 2.75) is 0 Å². The topological polar surface area (TPSA) is 55.4 Å². The molecule has 110 valence electrons. The zero-order chi connectivity index (χ0) is 15.7. The lowest BCUT2D eigenvalue weighted by atomic mass is 10.0. The maximum absolute atomic E-state index is 13.4. The van der Waals surface area contributed by atoms with E-state index in [0.717, 1.165) is 0 Å². The van der Waals surface area contributed by atoms with Crippen LogP contribution in [0.2, 0.25) is 0 Å². The molecule has 1 amide bonds. The van der Waals surface area contributed by atoms with Crippen LogP contribution in [0.4, 0.5) is 10.1 Å². The van der Waals surface area contributed by atoms with E-state index < -0.39 is 11.7 Å². The second kappa shape index (κ2) is 5.44. The van der Waals surface area contributed by atoms with E-state index in [1.54, 1.807) is 24.3 Å². The summed E-state index contributed by atoms with van der Waals surface area (Å²) in [5.74, 6) is -0.850. The molecule has 4 nitrogen and oxygen atoms in total. The molecule has 5 heteroatoms. The molecule has 0 saturated heterocycles. The normalized spacial score (nSPS) is 14.6. The molecule has 0 spiro atoms. The summed E-state index contributed by atoms with van der Waals surface area (Å²) in [4.78, 5) is 24.4.